The summed E-state index contributed by atoms with van der Waals surface area (Å²) >= 11 is 0. The Hall–Kier alpha value is -1.82. The van der Waals surface area contributed by atoms with Gasteiger partial charge in [-0.05, 0) is 19.4 Å². The topological polar surface area (TPSA) is 97.4 Å². The number of hydrogen-bond donors (Lipinski definition) is 3. The molecule has 1 heterocycles. The Labute approximate surface area is 112 Å². The fraction of sp³-hybridized carbons (Fsp3) is 0.538. The molecule has 1 unspecified atom stereocenters. The molecule has 1 aromatic rings. The van der Waals surface area contributed by atoms with Gasteiger partial charge in [0.1, 0.15) is 12.0 Å². The minimum Gasteiger partial charge on any atom is -0.467 e. The number of carbonyl (C=O) groups excluding carboxylic acids is 2. The first kappa shape index (κ1) is 15.2. The molecule has 0 aliphatic rings. The maximum absolute atomic E-state index is 11.7. The number of carbonyl (C=O) groups is 2. The lowest BCUT2D eigenvalue weighted by atomic mass is 10.2. The molecule has 0 saturated heterocycles. The highest BCUT2D eigenvalue weighted by molar-refractivity contribution is 5.94. The van der Waals surface area contributed by atoms with Crippen LogP contribution in [0.15, 0.2) is 16.7 Å². The standard InChI is InChI=1S/C13H21N3O3/c1-3-9(2)16-12(17)4-5-15-13(18)10-6-11(7-14)19-8-10/h6,8-9H,3-5,7,14H2,1-2H3,(H,15,18)(H,16,17). The third-order valence-corrected chi connectivity index (χ3v) is 2.77. The van der Waals surface area contributed by atoms with Crippen LogP contribution in [0.3, 0.4) is 0 Å². The van der Waals surface area contributed by atoms with Crippen LogP contribution in [0.2, 0.25) is 0 Å². The molecule has 0 fully saturated rings. The number of hydrogen-bond acceptors (Lipinski definition) is 4. The van der Waals surface area contributed by atoms with Gasteiger partial charge in [-0.1, -0.05) is 6.92 Å². The zero-order valence-corrected chi connectivity index (χ0v) is 11.4. The van der Waals surface area contributed by atoms with E-state index in [0.29, 0.717) is 17.9 Å². The summed E-state index contributed by atoms with van der Waals surface area (Å²) in [5.74, 6) is 0.226. The summed E-state index contributed by atoms with van der Waals surface area (Å²) in [6, 6.07) is 1.75. The normalized spacial score (nSPS) is 11.9. The van der Waals surface area contributed by atoms with Crippen molar-refractivity contribution in [3.05, 3.63) is 23.7 Å². The summed E-state index contributed by atoms with van der Waals surface area (Å²) in [6.45, 7) is 4.49. The first-order valence-electron chi connectivity index (χ1n) is 6.41. The molecule has 4 N–H and O–H groups in total. The van der Waals surface area contributed by atoms with Crippen LogP contribution >= 0.6 is 0 Å². The fourth-order valence-corrected chi connectivity index (χ4v) is 1.45. The Balaban J connectivity index is 2.29. The highest BCUT2D eigenvalue weighted by atomic mass is 16.3. The molecule has 0 radical (unpaired) electrons. The Morgan fingerprint density at radius 1 is 1.47 bits per heavy atom. The second-order valence-corrected chi connectivity index (χ2v) is 4.39. The van der Waals surface area contributed by atoms with Crippen LogP contribution in [0, 0.1) is 0 Å². The molecule has 0 aliphatic carbocycles. The fourth-order valence-electron chi connectivity index (χ4n) is 1.45. The molecule has 2 amide bonds. The van der Waals surface area contributed by atoms with Crippen molar-refractivity contribution >= 4 is 11.8 Å². The monoisotopic (exact) mass is 267 g/mol. The van der Waals surface area contributed by atoms with Crippen molar-refractivity contribution in [2.24, 2.45) is 5.73 Å². The maximum atomic E-state index is 11.7. The number of furan rings is 1. The summed E-state index contributed by atoms with van der Waals surface area (Å²) in [5, 5.41) is 5.49. The predicted molar refractivity (Wildman–Crippen MR) is 71.4 cm³/mol. The molecule has 19 heavy (non-hydrogen) atoms. The molecule has 1 rings (SSSR count). The first-order valence-corrected chi connectivity index (χ1v) is 6.41. The van der Waals surface area contributed by atoms with Gasteiger partial charge in [-0.3, -0.25) is 9.59 Å². The molecule has 1 aromatic heterocycles. The molecule has 1 atom stereocenters. The molecule has 0 spiro atoms. The van der Waals surface area contributed by atoms with E-state index in [1.807, 2.05) is 13.8 Å². The largest absolute Gasteiger partial charge is 0.467 e. The quantitative estimate of drug-likeness (QED) is 0.679. The highest BCUT2D eigenvalue weighted by Gasteiger charge is 2.10. The zero-order chi connectivity index (χ0) is 14.3. The van der Waals surface area contributed by atoms with Crippen molar-refractivity contribution in [1.82, 2.24) is 10.6 Å². The van der Waals surface area contributed by atoms with Crippen LogP contribution in [0.4, 0.5) is 0 Å². The van der Waals surface area contributed by atoms with Crippen LogP contribution < -0.4 is 16.4 Å². The molecule has 0 saturated carbocycles. The van der Waals surface area contributed by atoms with Gasteiger partial charge in [-0.25, -0.2) is 0 Å². The lowest BCUT2D eigenvalue weighted by Crippen LogP contribution is -2.35. The summed E-state index contributed by atoms with van der Waals surface area (Å²) in [7, 11) is 0. The Bertz CT molecular complexity index is 429. The van der Waals surface area contributed by atoms with Gasteiger partial charge < -0.3 is 20.8 Å². The molecule has 0 aliphatic heterocycles. The van der Waals surface area contributed by atoms with Crippen LogP contribution in [0.25, 0.3) is 0 Å². The number of nitrogens with one attached hydrogen (secondary N) is 2. The average Bonchev–Trinajstić information content (AvgIpc) is 2.87. The molecule has 6 heteroatoms. The van der Waals surface area contributed by atoms with Crippen molar-refractivity contribution in [2.75, 3.05) is 6.54 Å². The average molecular weight is 267 g/mol. The molecule has 0 aromatic carbocycles. The third kappa shape index (κ3) is 5.13. The molecule has 106 valence electrons. The molecule has 6 nitrogen and oxygen atoms in total. The van der Waals surface area contributed by atoms with E-state index in [-0.39, 0.29) is 30.8 Å². The lowest BCUT2D eigenvalue weighted by molar-refractivity contribution is -0.121. The van der Waals surface area contributed by atoms with E-state index < -0.39 is 0 Å². The second-order valence-electron chi connectivity index (χ2n) is 4.39. The Kier molecular flexibility index (Phi) is 6.08. The number of rotatable bonds is 7. The van der Waals surface area contributed by atoms with Gasteiger partial charge in [0.05, 0.1) is 12.1 Å². The van der Waals surface area contributed by atoms with E-state index in [0.717, 1.165) is 6.42 Å². The van der Waals surface area contributed by atoms with Gasteiger partial charge in [0, 0.05) is 19.0 Å². The van der Waals surface area contributed by atoms with Crippen molar-refractivity contribution in [1.29, 1.82) is 0 Å². The van der Waals surface area contributed by atoms with Crippen LogP contribution in [-0.4, -0.2) is 24.4 Å². The van der Waals surface area contributed by atoms with Crippen molar-refractivity contribution in [3.63, 3.8) is 0 Å². The smallest absolute Gasteiger partial charge is 0.254 e. The summed E-state index contributed by atoms with van der Waals surface area (Å²) in [5.41, 5.74) is 5.80. The van der Waals surface area contributed by atoms with E-state index in [9.17, 15) is 9.59 Å². The van der Waals surface area contributed by atoms with E-state index in [1.54, 1.807) is 6.07 Å². The van der Waals surface area contributed by atoms with E-state index in [2.05, 4.69) is 10.6 Å². The van der Waals surface area contributed by atoms with E-state index >= 15 is 0 Å². The van der Waals surface area contributed by atoms with E-state index in [4.69, 9.17) is 10.2 Å². The Morgan fingerprint density at radius 2 is 2.21 bits per heavy atom. The lowest BCUT2D eigenvalue weighted by Gasteiger charge is -2.11. The number of amides is 2. The van der Waals surface area contributed by atoms with Gasteiger partial charge in [0.25, 0.3) is 5.91 Å². The highest BCUT2D eigenvalue weighted by Crippen LogP contribution is 2.06. The SMILES string of the molecule is CCC(C)NC(=O)CCNC(=O)c1coc(CN)c1. The zero-order valence-electron chi connectivity index (χ0n) is 11.4. The van der Waals surface area contributed by atoms with Crippen molar-refractivity contribution < 1.29 is 14.0 Å². The van der Waals surface area contributed by atoms with Gasteiger partial charge in [0.15, 0.2) is 0 Å². The minimum atomic E-state index is -0.264. The molecular weight excluding hydrogens is 246 g/mol. The summed E-state index contributed by atoms with van der Waals surface area (Å²) in [4.78, 5) is 23.2. The van der Waals surface area contributed by atoms with Gasteiger partial charge in [-0.15, -0.1) is 0 Å². The first-order chi connectivity index (χ1) is 9.06. The van der Waals surface area contributed by atoms with Crippen LogP contribution in [0.5, 0.6) is 0 Å². The van der Waals surface area contributed by atoms with Crippen molar-refractivity contribution in [2.45, 2.75) is 39.3 Å². The Morgan fingerprint density at radius 3 is 2.79 bits per heavy atom. The van der Waals surface area contributed by atoms with Crippen LogP contribution in [0.1, 0.15) is 42.8 Å². The molecular formula is C13H21N3O3. The number of nitrogens with two attached hydrogens (primary N) is 1. The maximum Gasteiger partial charge on any atom is 0.254 e. The van der Waals surface area contributed by atoms with Gasteiger partial charge >= 0.3 is 0 Å². The van der Waals surface area contributed by atoms with Crippen LogP contribution in [-0.2, 0) is 11.3 Å². The minimum absolute atomic E-state index is 0.0653. The van der Waals surface area contributed by atoms with E-state index in [1.165, 1.54) is 6.26 Å². The second kappa shape index (κ2) is 7.58. The van der Waals surface area contributed by atoms with Crippen molar-refractivity contribution in [3.8, 4) is 0 Å². The molecule has 0 bridgehead atoms. The van der Waals surface area contributed by atoms with Gasteiger partial charge in [0.2, 0.25) is 5.91 Å². The van der Waals surface area contributed by atoms with Gasteiger partial charge in [-0.2, -0.15) is 0 Å². The third-order valence-electron chi connectivity index (χ3n) is 2.77. The predicted octanol–water partition coefficient (Wildman–Crippen LogP) is 0.773. The summed E-state index contributed by atoms with van der Waals surface area (Å²) < 4.78 is 5.06. The summed E-state index contributed by atoms with van der Waals surface area (Å²) in [6.07, 6.45) is 2.50.